The summed E-state index contributed by atoms with van der Waals surface area (Å²) in [6, 6.07) is 6.49. The Morgan fingerprint density at radius 3 is 2.54 bits per heavy atom. The average molecular weight is 290 g/mol. The third-order valence-electron chi connectivity index (χ3n) is 1.65. The molecule has 0 spiro atoms. The highest BCUT2D eigenvalue weighted by molar-refractivity contribution is 14.1. The van der Waals surface area contributed by atoms with Crippen molar-refractivity contribution in [3.8, 4) is 5.75 Å². The standard InChI is InChI=1S/C9H9INO2/c10-11-8(6-12)5-7-1-3-9(13)4-2-7/h1-4,8,11,13H,5H2. The van der Waals surface area contributed by atoms with Crippen molar-refractivity contribution in [1.82, 2.24) is 3.53 Å². The van der Waals surface area contributed by atoms with Crippen LogP contribution in [0.2, 0.25) is 0 Å². The Morgan fingerprint density at radius 2 is 2.08 bits per heavy atom. The molecule has 3 nitrogen and oxygen atoms in total. The predicted molar refractivity (Wildman–Crippen MR) is 58.4 cm³/mol. The molecule has 0 aliphatic heterocycles. The van der Waals surface area contributed by atoms with E-state index in [2.05, 4.69) is 3.53 Å². The molecule has 0 heterocycles. The molecule has 0 bridgehead atoms. The number of rotatable bonds is 4. The van der Waals surface area contributed by atoms with Gasteiger partial charge in [-0.15, -0.1) is 0 Å². The van der Waals surface area contributed by atoms with Gasteiger partial charge in [-0.1, -0.05) is 12.1 Å². The molecule has 0 amide bonds. The first kappa shape index (κ1) is 10.5. The van der Waals surface area contributed by atoms with Crippen LogP contribution in [0.3, 0.4) is 0 Å². The number of benzene rings is 1. The fraction of sp³-hybridized carbons (Fsp3) is 0.222. The summed E-state index contributed by atoms with van der Waals surface area (Å²) in [7, 11) is 0. The zero-order valence-electron chi connectivity index (χ0n) is 6.83. The molecule has 1 radical (unpaired) electrons. The van der Waals surface area contributed by atoms with Crippen molar-refractivity contribution in [2.45, 2.75) is 12.5 Å². The molecule has 1 atom stereocenters. The Kier molecular flexibility index (Phi) is 4.17. The summed E-state index contributed by atoms with van der Waals surface area (Å²) in [6.45, 7) is 0. The molecular weight excluding hydrogens is 281 g/mol. The van der Waals surface area contributed by atoms with Crippen molar-refractivity contribution in [3.63, 3.8) is 0 Å². The van der Waals surface area contributed by atoms with E-state index in [-0.39, 0.29) is 11.8 Å². The van der Waals surface area contributed by atoms with Crippen molar-refractivity contribution in [3.05, 3.63) is 29.8 Å². The van der Waals surface area contributed by atoms with Crippen LogP contribution in [0.5, 0.6) is 5.75 Å². The minimum absolute atomic E-state index is 0.234. The van der Waals surface area contributed by atoms with Gasteiger partial charge in [0.1, 0.15) is 5.75 Å². The first-order valence-electron chi connectivity index (χ1n) is 3.78. The second kappa shape index (κ2) is 5.18. The Balaban J connectivity index is 2.63. The van der Waals surface area contributed by atoms with E-state index in [4.69, 9.17) is 5.11 Å². The van der Waals surface area contributed by atoms with Crippen LogP contribution >= 0.6 is 22.9 Å². The molecule has 0 aromatic heterocycles. The van der Waals surface area contributed by atoms with E-state index in [1.807, 2.05) is 29.2 Å². The summed E-state index contributed by atoms with van der Waals surface area (Å²) in [4.78, 5) is 10.4. The first-order chi connectivity index (χ1) is 6.26. The molecule has 1 aromatic carbocycles. The second-order valence-corrected chi connectivity index (χ2v) is 3.27. The molecule has 4 heteroatoms. The Hall–Kier alpha value is -0.620. The molecule has 0 fully saturated rings. The van der Waals surface area contributed by atoms with Gasteiger partial charge in [0.2, 0.25) is 6.29 Å². The normalized spacial score (nSPS) is 12.4. The van der Waals surface area contributed by atoms with Gasteiger partial charge >= 0.3 is 0 Å². The molecule has 13 heavy (non-hydrogen) atoms. The number of aromatic hydroxyl groups is 1. The lowest BCUT2D eigenvalue weighted by Crippen LogP contribution is -2.24. The highest BCUT2D eigenvalue weighted by Crippen LogP contribution is 2.10. The Bertz CT molecular complexity index is 273. The largest absolute Gasteiger partial charge is 0.508 e. The van der Waals surface area contributed by atoms with Crippen molar-refractivity contribution >= 4 is 29.2 Å². The molecule has 69 valence electrons. The highest BCUT2D eigenvalue weighted by Gasteiger charge is 2.06. The Morgan fingerprint density at radius 1 is 1.46 bits per heavy atom. The van der Waals surface area contributed by atoms with Crippen molar-refractivity contribution in [2.75, 3.05) is 0 Å². The van der Waals surface area contributed by atoms with Crippen molar-refractivity contribution in [2.24, 2.45) is 0 Å². The summed E-state index contributed by atoms with van der Waals surface area (Å²) in [5.74, 6) is 0.234. The number of halogens is 1. The zero-order chi connectivity index (χ0) is 9.68. The molecule has 1 rings (SSSR count). The Labute approximate surface area is 90.7 Å². The molecule has 1 unspecified atom stereocenters. The quantitative estimate of drug-likeness (QED) is 0.650. The van der Waals surface area contributed by atoms with E-state index in [0.29, 0.717) is 6.42 Å². The topological polar surface area (TPSA) is 49.3 Å². The van der Waals surface area contributed by atoms with Crippen LogP contribution in [-0.4, -0.2) is 17.4 Å². The van der Waals surface area contributed by atoms with Crippen LogP contribution in [0.1, 0.15) is 5.56 Å². The summed E-state index contributed by atoms with van der Waals surface area (Å²) >= 11 is 1.92. The molecule has 0 saturated carbocycles. The van der Waals surface area contributed by atoms with Gasteiger partial charge in [-0.05, 0) is 24.1 Å². The van der Waals surface area contributed by atoms with E-state index >= 15 is 0 Å². The van der Waals surface area contributed by atoms with Crippen LogP contribution < -0.4 is 3.53 Å². The van der Waals surface area contributed by atoms with Gasteiger partial charge < -0.3 is 5.11 Å². The van der Waals surface area contributed by atoms with Gasteiger partial charge in [-0.2, -0.15) is 0 Å². The van der Waals surface area contributed by atoms with Gasteiger partial charge in [-0.3, -0.25) is 4.79 Å². The van der Waals surface area contributed by atoms with Crippen LogP contribution in [0.25, 0.3) is 0 Å². The molecule has 2 N–H and O–H groups in total. The zero-order valence-corrected chi connectivity index (χ0v) is 8.98. The van der Waals surface area contributed by atoms with E-state index < -0.39 is 0 Å². The third-order valence-corrected chi connectivity index (χ3v) is 2.40. The van der Waals surface area contributed by atoms with Gasteiger partial charge in [0.15, 0.2) is 0 Å². The van der Waals surface area contributed by atoms with Crippen molar-refractivity contribution < 1.29 is 9.90 Å². The number of phenolic OH excluding ortho intramolecular Hbond substituents is 1. The highest BCUT2D eigenvalue weighted by atomic mass is 127. The maximum Gasteiger partial charge on any atom is 0.217 e. The maximum absolute atomic E-state index is 10.4. The molecule has 0 aliphatic carbocycles. The fourth-order valence-corrected chi connectivity index (χ4v) is 1.32. The van der Waals surface area contributed by atoms with Gasteiger partial charge in [0, 0.05) is 22.9 Å². The van der Waals surface area contributed by atoms with Crippen LogP contribution in [0.15, 0.2) is 24.3 Å². The van der Waals surface area contributed by atoms with E-state index in [9.17, 15) is 4.79 Å². The second-order valence-electron chi connectivity index (χ2n) is 2.65. The molecule has 0 aliphatic rings. The van der Waals surface area contributed by atoms with Crippen molar-refractivity contribution in [1.29, 1.82) is 0 Å². The summed E-state index contributed by atoms with van der Waals surface area (Å²) in [5.41, 5.74) is 0.996. The van der Waals surface area contributed by atoms with Crippen LogP contribution in [0, 0.1) is 0 Å². The van der Waals surface area contributed by atoms with E-state index in [0.717, 1.165) is 5.56 Å². The minimum Gasteiger partial charge on any atom is -0.508 e. The first-order valence-corrected chi connectivity index (χ1v) is 4.86. The monoisotopic (exact) mass is 290 g/mol. The number of hydrogen-bond acceptors (Lipinski definition) is 3. The van der Waals surface area contributed by atoms with Crippen LogP contribution in [0.4, 0.5) is 0 Å². The lowest BCUT2D eigenvalue weighted by molar-refractivity contribution is 0.475. The molecule has 0 saturated heterocycles. The fourth-order valence-electron chi connectivity index (χ4n) is 0.970. The molecule has 1 aromatic rings. The lowest BCUT2D eigenvalue weighted by atomic mass is 10.1. The molecular formula is C9H9INO2. The van der Waals surface area contributed by atoms with Crippen LogP contribution in [-0.2, 0) is 11.2 Å². The smallest absolute Gasteiger partial charge is 0.217 e. The SMILES string of the molecule is O=[C]C(Cc1ccc(O)cc1)NI. The van der Waals surface area contributed by atoms with E-state index in [1.165, 1.54) is 0 Å². The minimum atomic E-state index is -0.287. The number of nitrogens with one attached hydrogen (secondary N) is 1. The predicted octanol–water partition coefficient (Wildman–Crippen LogP) is 1.35. The number of hydrogen-bond donors (Lipinski definition) is 2. The summed E-state index contributed by atoms with van der Waals surface area (Å²) in [5, 5.41) is 9.01. The van der Waals surface area contributed by atoms with Gasteiger partial charge in [0.25, 0.3) is 0 Å². The number of carbonyl (C=O) groups excluding carboxylic acids is 1. The van der Waals surface area contributed by atoms with Gasteiger partial charge in [0.05, 0.1) is 6.04 Å². The number of phenols is 1. The average Bonchev–Trinajstić information content (AvgIpc) is 2.17. The maximum atomic E-state index is 10.4. The van der Waals surface area contributed by atoms with Gasteiger partial charge in [-0.25, -0.2) is 3.53 Å². The summed E-state index contributed by atoms with van der Waals surface area (Å²) in [6.07, 6.45) is 2.47. The lowest BCUT2D eigenvalue weighted by Gasteiger charge is -2.06. The van der Waals surface area contributed by atoms with E-state index in [1.54, 1.807) is 24.3 Å². The third kappa shape index (κ3) is 3.31. The summed E-state index contributed by atoms with van der Waals surface area (Å²) < 4.78 is 2.80.